The molecule has 0 radical (unpaired) electrons. The predicted molar refractivity (Wildman–Crippen MR) is 153 cm³/mol. The van der Waals surface area contributed by atoms with Crippen LogP contribution in [0.25, 0.3) is 0 Å². The summed E-state index contributed by atoms with van der Waals surface area (Å²) in [6, 6.07) is 8.41. The summed E-state index contributed by atoms with van der Waals surface area (Å²) < 4.78 is 49.9. The van der Waals surface area contributed by atoms with E-state index in [1.165, 1.54) is 36.4 Å². The van der Waals surface area contributed by atoms with Crippen molar-refractivity contribution in [2.75, 3.05) is 48.1 Å². The number of aliphatic hydroxyl groups is 2. The molecule has 0 fully saturated rings. The Morgan fingerprint density at radius 3 is 1.34 bits per heavy atom. The highest BCUT2D eigenvalue weighted by atomic mass is 35.5. The first-order chi connectivity index (χ1) is 16.7. The normalized spacial score (nSPS) is 13.1. The van der Waals surface area contributed by atoms with E-state index in [1.54, 1.807) is 0 Å². The molecule has 2 atom stereocenters. The fourth-order valence-electron chi connectivity index (χ4n) is 3.30. The van der Waals surface area contributed by atoms with Crippen molar-refractivity contribution in [2.45, 2.75) is 25.0 Å². The van der Waals surface area contributed by atoms with Crippen molar-refractivity contribution in [3.8, 4) is 11.5 Å². The van der Waals surface area contributed by atoms with E-state index in [0.717, 1.165) is 25.4 Å². The number of hydrogen-bond donors (Lipinski definition) is 8. The van der Waals surface area contributed by atoms with Gasteiger partial charge in [0.2, 0.25) is 20.0 Å². The van der Waals surface area contributed by atoms with Gasteiger partial charge < -0.3 is 31.1 Å². The Morgan fingerprint density at radius 1 is 0.684 bits per heavy atom. The van der Waals surface area contributed by atoms with E-state index in [1.807, 2.05) is 0 Å². The van der Waals surface area contributed by atoms with Crippen molar-refractivity contribution in [3.05, 3.63) is 47.5 Å². The second kappa shape index (κ2) is 16.2. The van der Waals surface area contributed by atoms with E-state index in [0.29, 0.717) is 24.2 Å². The molecule has 0 aliphatic carbocycles. The van der Waals surface area contributed by atoms with Crippen molar-refractivity contribution in [2.24, 2.45) is 0 Å². The lowest BCUT2D eigenvalue weighted by molar-refractivity contribution is 0.173. The molecule has 2 unspecified atom stereocenters. The van der Waals surface area contributed by atoms with Gasteiger partial charge in [-0.3, -0.25) is 9.44 Å². The minimum atomic E-state index is -3.57. The topological polar surface area (TPSA) is 197 Å². The molecule has 16 heteroatoms. The van der Waals surface area contributed by atoms with Crippen molar-refractivity contribution >= 4 is 56.2 Å². The summed E-state index contributed by atoms with van der Waals surface area (Å²) in [6.45, 7) is 1.71. The molecule has 2 rings (SSSR count). The van der Waals surface area contributed by atoms with Gasteiger partial charge in [0.1, 0.15) is 11.5 Å². The number of phenolic OH excluding ortho intramolecular Hbond substituents is 2. The molecular formula is C22H36Cl2N4O8S2. The maximum Gasteiger partial charge on any atom is 0.229 e. The third-order valence-electron chi connectivity index (χ3n) is 5.03. The quantitative estimate of drug-likeness (QED) is 0.107. The Labute approximate surface area is 235 Å². The van der Waals surface area contributed by atoms with Crippen LogP contribution in [-0.4, -0.2) is 76.0 Å². The van der Waals surface area contributed by atoms with Crippen LogP contribution < -0.4 is 20.1 Å². The number of halogens is 2. The van der Waals surface area contributed by atoms with Gasteiger partial charge in [0.15, 0.2) is 0 Å². The van der Waals surface area contributed by atoms with Crippen molar-refractivity contribution in [3.63, 3.8) is 0 Å². The van der Waals surface area contributed by atoms with Gasteiger partial charge in [0.25, 0.3) is 0 Å². The number of hydrogen-bond acceptors (Lipinski definition) is 10. The van der Waals surface area contributed by atoms with Gasteiger partial charge in [-0.25, -0.2) is 16.8 Å². The van der Waals surface area contributed by atoms with E-state index in [2.05, 4.69) is 20.1 Å². The predicted octanol–water partition coefficient (Wildman–Crippen LogP) is 1.41. The van der Waals surface area contributed by atoms with Gasteiger partial charge >= 0.3 is 0 Å². The van der Waals surface area contributed by atoms with Gasteiger partial charge in [0, 0.05) is 13.1 Å². The van der Waals surface area contributed by atoms with Gasteiger partial charge in [0.05, 0.1) is 36.1 Å². The van der Waals surface area contributed by atoms with Crippen LogP contribution in [0.5, 0.6) is 11.5 Å². The van der Waals surface area contributed by atoms with E-state index in [9.17, 15) is 37.3 Å². The van der Waals surface area contributed by atoms with Crippen LogP contribution in [0.2, 0.25) is 0 Å². The molecule has 0 amide bonds. The standard InChI is InChI=1S/C22H34N4O8S2.2ClH/c1-35(31,32)25-17-11-15(5-7-19(17)27)21(29)13-23-9-3-4-10-24-14-22(30)16-6-8-20(28)18(12-16)26-36(2,33)34;;/h5-8,11-12,21-30H,3-4,9-10,13-14H2,1-2H3;2*1H. The average molecular weight is 620 g/mol. The molecule has 218 valence electrons. The second-order valence-electron chi connectivity index (χ2n) is 8.45. The largest absolute Gasteiger partial charge is 0.506 e. The zero-order valence-corrected chi connectivity index (χ0v) is 24.2. The molecule has 12 nitrogen and oxygen atoms in total. The smallest absolute Gasteiger partial charge is 0.229 e. The first-order valence-corrected chi connectivity index (χ1v) is 14.9. The molecule has 0 aliphatic heterocycles. The summed E-state index contributed by atoms with van der Waals surface area (Å²) >= 11 is 0. The number of unbranched alkanes of at least 4 members (excludes halogenated alkanes) is 1. The molecule has 0 aromatic heterocycles. The first-order valence-electron chi connectivity index (χ1n) is 11.1. The molecule has 2 aromatic carbocycles. The SMILES string of the molecule is CS(=O)(=O)Nc1cc(C(O)CNCCCCNCC(O)c2ccc(O)c(NS(C)(=O)=O)c2)ccc1O.Cl.Cl. The number of phenols is 2. The molecule has 0 aliphatic rings. The number of anilines is 2. The third-order valence-corrected chi connectivity index (χ3v) is 6.22. The van der Waals surface area contributed by atoms with E-state index in [-0.39, 0.29) is 60.8 Å². The number of aromatic hydroxyl groups is 2. The van der Waals surface area contributed by atoms with E-state index >= 15 is 0 Å². The van der Waals surface area contributed by atoms with Crippen LogP contribution in [0, 0.1) is 0 Å². The summed E-state index contributed by atoms with van der Waals surface area (Å²) in [7, 11) is -7.14. The Hall–Kier alpha value is -2.04. The molecule has 0 saturated heterocycles. The molecule has 2 aromatic rings. The molecule has 0 bridgehead atoms. The minimum Gasteiger partial charge on any atom is -0.506 e. The maximum atomic E-state index is 11.4. The molecule has 38 heavy (non-hydrogen) atoms. The Morgan fingerprint density at radius 2 is 1.03 bits per heavy atom. The van der Waals surface area contributed by atoms with Crippen molar-refractivity contribution in [1.29, 1.82) is 0 Å². The summed E-state index contributed by atoms with van der Waals surface area (Å²) in [4.78, 5) is 0. The van der Waals surface area contributed by atoms with Crippen LogP contribution in [-0.2, 0) is 20.0 Å². The summed E-state index contributed by atoms with van der Waals surface area (Å²) in [5.41, 5.74) is 0.896. The second-order valence-corrected chi connectivity index (χ2v) is 11.9. The summed E-state index contributed by atoms with van der Waals surface area (Å²) in [6.07, 6.45) is 1.71. The van der Waals surface area contributed by atoms with Gasteiger partial charge in [-0.2, -0.15) is 0 Å². The van der Waals surface area contributed by atoms with E-state index in [4.69, 9.17) is 0 Å². The average Bonchev–Trinajstić information content (AvgIpc) is 2.76. The molecule has 0 heterocycles. The lowest BCUT2D eigenvalue weighted by Crippen LogP contribution is -2.25. The van der Waals surface area contributed by atoms with Crippen LogP contribution in [0.15, 0.2) is 36.4 Å². The van der Waals surface area contributed by atoms with Gasteiger partial charge in [-0.15, -0.1) is 24.8 Å². The Bertz CT molecular complexity index is 1140. The highest BCUT2D eigenvalue weighted by Gasteiger charge is 2.14. The lowest BCUT2D eigenvalue weighted by Gasteiger charge is -2.15. The Kier molecular flexibility index (Phi) is 15.3. The van der Waals surface area contributed by atoms with Crippen LogP contribution in [0.1, 0.15) is 36.2 Å². The number of aliphatic hydroxyl groups excluding tert-OH is 2. The fourth-order valence-corrected chi connectivity index (χ4v) is 4.42. The molecular weight excluding hydrogens is 583 g/mol. The number of benzene rings is 2. The highest BCUT2D eigenvalue weighted by Crippen LogP contribution is 2.28. The minimum absolute atomic E-state index is 0. The number of rotatable bonds is 15. The fraction of sp³-hybridized carbons (Fsp3) is 0.455. The van der Waals surface area contributed by atoms with Gasteiger partial charge in [-0.05, 0) is 61.3 Å². The zero-order valence-electron chi connectivity index (χ0n) is 20.9. The van der Waals surface area contributed by atoms with Crippen molar-refractivity contribution in [1.82, 2.24) is 10.6 Å². The third kappa shape index (κ3) is 13.2. The maximum absolute atomic E-state index is 11.4. The van der Waals surface area contributed by atoms with Crippen LogP contribution in [0.4, 0.5) is 11.4 Å². The number of sulfonamides is 2. The van der Waals surface area contributed by atoms with Crippen molar-refractivity contribution < 1.29 is 37.3 Å². The highest BCUT2D eigenvalue weighted by molar-refractivity contribution is 7.92. The first kappa shape index (κ1) is 36.0. The van der Waals surface area contributed by atoms with Crippen LogP contribution in [0.3, 0.4) is 0 Å². The molecule has 0 saturated carbocycles. The molecule has 0 spiro atoms. The summed E-state index contributed by atoms with van der Waals surface area (Å²) in [5, 5.41) is 46.4. The summed E-state index contributed by atoms with van der Waals surface area (Å²) in [5.74, 6) is -0.475. The van der Waals surface area contributed by atoms with Gasteiger partial charge in [-0.1, -0.05) is 12.1 Å². The number of nitrogens with one attached hydrogen (secondary N) is 4. The Balaban J connectivity index is 0.00000684. The van der Waals surface area contributed by atoms with E-state index < -0.39 is 32.3 Å². The monoisotopic (exact) mass is 618 g/mol. The zero-order chi connectivity index (χ0) is 26.9. The lowest BCUT2D eigenvalue weighted by atomic mass is 10.1. The van der Waals surface area contributed by atoms with Crippen LogP contribution >= 0.6 is 24.8 Å². The molecule has 8 N–H and O–H groups in total.